The quantitative estimate of drug-likeness (QED) is 0.684. The Kier molecular flexibility index (Phi) is 2.36. The Morgan fingerprint density at radius 2 is 2.26 bits per heavy atom. The molecule has 1 atom stereocenters. The molecule has 0 fully saturated rings. The molecule has 19 heavy (non-hydrogen) atoms. The third-order valence-electron chi connectivity index (χ3n) is 3.87. The molecule has 0 aromatic heterocycles. The molecule has 0 saturated carbocycles. The van der Waals surface area contributed by atoms with Crippen LogP contribution in [-0.4, -0.2) is 22.9 Å². The lowest BCUT2D eigenvalue weighted by molar-refractivity contribution is 0.148. The highest BCUT2D eigenvalue weighted by Crippen LogP contribution is 2.48. The van der Waals surface area contributed by atoms with E-state index in [0.717, 1.165) is 36.7 Å². The minimum atomic E-state index is -0.291. The largest absolute Gasteiger partial charge is 0.495 e. The van der Waals surface area contributed by atoms with Crippen molar-refractivity contribution in [2.45, 2.75) is 18.4 Å². The molecule has 3 nitrogen and oxygen atoms in total. The first kappa shape index (κ1) is 11.3. The van der Waals surface area contributed by atoms with E-state index in [9.17, 15) is 0 Å². The monoisotopic (exact) mass is 316 g/mol. The van der Waals surface area contributed by atoms with Crippen molar-refractivity contribution in [3.8, 4) is 0 Å². The molecular formula is C15H13BrN2O. The van der Waals surface area contributed by atoms with Crippen LogP contribution in [-0.2, 0) is 4.74 Å². The number of ether oxygens (including phenoxy) is 1. The first-order valence-corrected chi connectivity index (χ1v) is 7.23. The molecule has 0 N–H and O–H groups in total. The third kappa shape index (κ3) is 1.46. The van der Waals surface area contributed by atoms with E-state index in [1.54, 1.807) is 0 Å². The molecule has 3 aliphatic heterocycles. The van der Waals surface area contributed by atoms with Crippen molar-refractivity contribution in [1.29, 1.82) is 0 Å². The second-order valence-corrected chi connectivity index (χ2v) is 5.97. The first-order chi connectivity index (χ1) is 9.30. The summed E-state index contributed by atoms with van der Waals surface area (Å²) in [5, 5.41) is 0. The molecule has 0 saturated heterocycles. The summed E-state index contributed by atoms with van der Waals surface area (Å²) in [7, 11) is 0. The van der Waals surface area contributed by atoms with Crippen LogP contribution >= 0.6 is 15.9 Å². The number of halogens is 1. The third-order valence-corrected chi connectivity index (χ3v) is 4.41. The maximum atomic E-state index is 5.98. The van der Waals surface area contributed by atoms with Crippen LogP contribution in [0.1, 0.15) is 12.8 Å². The maximum Gasteiger partial charge on any atom is 0.149 e. The Labute approximate surface area is 120 Å². The highest BCUT2D eigenvalue weighted by Gasteiger charge is 2.52. The summed E-state index contributed by atoms with van der Waals surface area (Å²) in [6.45, 7) is 0.723. The zero-order valence-electron chi connectivity index (χ0n) is 10.3. The Morgan fingerprint density at radius 1 is 1.32 bits per heavy atom. The molecule has 96 valence electrons. The van der Waals surface area contributed by atoms with E-state index in [1.807, 2.05) is 18.2 Å². The van der Waals surface area contributed by atoms with Gasteiger partial charge in [-0.15, -0.1) is 0 Å². The van der Waals surface area contributed by atoms with Crippen molar-refractivity contribution in [1.82, 2.24) is 4.90 Å². The Balaban J connectivity index is 1.93. The predicted molar refractivity (Wildman–Crippen MR) is 78.6 cm³/mol. The van der Waals surface area contributed by atoms with Crippen LogP contribution < -0.4 is 0 Å². The van der Waals surface area contributed by atoms with Gasteiger partial charge in [0.05, 0.1) is 12.3 Å². The number of hydrogen-bond acceptors (Lipinski definition) is 3. The fourth-order valence-electron chi connectivity index (χ4n) is 3.05. The van der Waals surface area contributed by atoms with E-state index < -0.39 is 0 Å². The highest BCUT2D eigenvalue weighted by molar-refractivity contribution is 9.11. The van der Waals surface area contributed by atoms with Crippen molar-refractivity contribution in [2.24, 2.45) is 4.99 Å². The van der Waals surface area contributed by atoms with Gasteiger partial charge in [0.15, 0.2) is 0 Å². The summed E-state index contributed by atoms with van der Waals surface area (Å²) in [5.41, 5.74) is 0.813. The smallest absolute Gasteiger partial charge is 0.149 e. The van der Waals surface area contributed by atoms with Crippen molar-refractivity contribution >= 4 is 21.8 Å². The van der Waals surface area contributed by atoms with Gasteiger partial charge in [0.2, 0.25) is 0 Å². The zero-order valence-corrected chi connectivity index (χ0v) is 11.9. The molecule has 3 heterocycles. The average Bonchev–Trinajstić information content (AvgIpc) is 2.61. The molecule has 1 spiro atoms. The maximum absolute atomic E-state index is 5.98. The SMILES string of the molecule is BrC1=CC=C2OCCC=C3N=C4C=CC=CN4C32C1. The van der Waals surface area contributed by atoms with Crippen LogP contribution in [0.5, 0.6) is 0 Å². The number of fused-ring (bicyclic) bond motifs is 1. The number of amidine groups is 1. The predicted octanol–water partition coefficient (Wildman–Crippen LogP) is 3.39. The molecule has 4 heteroatoms. The lowest BCUT2D eigenvalue weighted by atomic mass is 9.84. The van der Waals surface area contributed by atoms with Gasteiger partial charge in [-0.2, -0.15) is 0 Å². The fourth-order valence-corrected chi connectivity index (χ4v) is 3.59. The summed E-state index contributed by atoms with van der Waals surface area (Å²) < 4.78 is 7.15. The highest BCUT2D eigenvalue weighted by atomic mass is 79.9. The van der Waals surface area contributed by atoms with Gasteiger partial charge in [-0.05, 0) is 28.8 Å². The standard InChI is InChI=1S/C15H13BrN2O/c16-11-6-7-13-15(10-11)12(4-3-9-19-13)17-14-5-1-2-8-18(14)15/h1-2,4-8H,3,9-10H2. The lowest BCUT2D eigenvalue weighted by Crippen LogP contribution is -2.48. The molecule has 0 aromatic rings. The molecule has 0 radical (unpaired) electrons. The summed E-state index contributed by atoms with van der Waals surface area (Å²) in [4.78, 5) is 7.02. The Morgan fingerprint density at radius 3 is 3.21 bits per heavy atom. The number of rotatable bonds is 0. The van der Waals surface area contributed by atoms with Crippen LogP contribution in [0.25, 0.3) is 0 Å². The van der Waals surface area contributed by atoms with E-state index >= 15 is 0 Å². The van der Waals surface area contributed by atoms with Crippen molar-refractivity contribution < 1.29 is 4.74 Å². The van der Waals surface area contributed by atoms with Crippen LogP contribution in [0, 0.1) is 0 Å². The van der Waals surface area contributed by atoms with E-state index in [2.05, 4.69) is 45.3 Å². The van der Waals surface area contributed by atoms with Gasteiger partial charge in [0.1, 0.15) is 17.1 Å². The van der Waals surface area contributed by atoms with Gasteiger partial charge in [-0.3, -0.25) is 0 Å². The number of aliphatic imine (C=N–C) groups is 1. The Hall–Kier alpha value is -1.55. The zero-order chi connectivity index (χ0) is 12.9. The normalized spacial score (nSPS) is 31.1. The molecule has 4 rings (SSSR count). The second kappa shape index (κ2) is 3.97. The molecule has 4 aliphatic rings. The van der Waals surface area contributed by atoms with Crippen LogP contribution in [0.2, 0.25) is 0 Å². The minimum absolute atomic E-state index is 0.291. The summed E-state index contributed by atoms with van der Waals surface area (Å²) in [5.74, 6) is 1.99. The van der Waals surface area contributed by atoms with Gasteiger partial charge in [0.25, 0.3) is 0 Å². The van der Waals surface area contributed by atoms with Crippen LogP contribution in [0.15, 0.2) is 63.6 Å². The Bertz CT molecular complexity index is 624. The van der Waals surface area contributed by atoms with Crippen molar-refractivity contribution in [3.63, 3.8) is 0 Å². The molecule has 1 aliphatic carbocycles. The number of hydrogen-bond donors (Lipinski definition) is 0. The second-order valence-electron chi connectivity index (χ2n) is 4.95. The van der Waals surface area contributed by atoms with E-state index in [1.165, 1.54) is 4.48 Å². The molecule has 0 amide bonds. The molecule has 0 aromatic carbocycles. The molecule has 0 bridgehead atoms. The van der Waals surface area contributed by atoms with Gasteiger partial charge in [-0.25, -0.2) is 4.99 Å². The van der Waals surface area contributed by atoms with Crippen molar-refractivity contribution in [3.05, 3.63) is 58.6 Å². The average molecular weight is 317 g/mol. The summed E-state index contributed by atoms with van der Waals surface area (Å²) >= 11 is 3.64. The van der Waals surface area contributed by atoms with E-state index in [0.29, 0.717) is 0 Å². The molecular weight excluding hydrogens is 304 g/mol. The summed E-state index contributed by atoms with van der Waals surface area (Å²) in [6, 6.07) is 0. The van der Waals surface area contributed by atoms with Gasteiger partial charge >= 0.3 is 0 Å². The number of nitrogens with zero attached hydrogens (tertiary/aromatic N) is 2. The van der Waals surface area contributed by atoms with E-state index in [4.69, 9.17) is 9.73 Å². The topological polar surface area (TPSA) is 24.8 Å². The number of allylic oxidation sites excluding steroid dienone is 4. The van der Waals surface area contributed by atoms with E-state index in [-0.39, 0.29) is 5.54 Å². The minimum Gasteiger partial charge on any atom is -0.495 e. The summed E-state index contributed by atoms with van der Waals surface area (Å²) in [6.07, 6.45) is 16.3. The van der Waals surface area contributed by atoms with Crippen molar-refractivity contribution in [2.75, 3.05) is 6.61 Å². The van der Waals surface area contributed by atoms with Gasteiger partial charge in [0, 0.05) is 19.0 Å². The lowest BCUT2D eigenvalue weighted by Gasteiger charge is -2.40. The fraction of sp³-hybridized carbons (Fsp3) is 0.267. The van der Waals surface area contributed by atoms with Crippen LogP contribution in [0.3, 0.4) is 0 Å². The van der Waals surface area contributed by atoms with Gasteiger partial charge < -0.3 is 9.64 Å². The first-order valence-electron chi connectivity index (χ1n) is 6.44. The van der Waals surface area contributed by atoms with Gasteiger partial charge in [-0.1, -0.05) is 28.1 Å². The van der Waals surface area contributed by atoms with Crippen LogP contribution in [0.4, 0.5) is 0 Å². The molecule has 1 unspecified atom stereocenters.